The zero-order chi connectivity index (χ0) is 13.8. The molecule has 6 heteroatoms. The Bertz CT molecular complexity index is 348. The van der Waals surface area contributed by atoms with E-state index in [0.717, 1.165) is 32.1 Å². The van der Waals surface area contributed by atoms with E-state index >= 15 is 0 Å². The summed E-state index contributed by atoms with van der Waals surface area (Å²) < 4.78 is 0. The predicted octanol–water partition coefficient (Wildman–Crippen LogP) is 0.939. The average molecular weight is 270 g/mol. The lowest BCUT2D eigenvalue weighted by molar-refractivity contribution is -0.141. The summed E-state index contributed by atoms with van der Waals surface area (Å²) in [6.07, 6.45) is 5.22. The van der Waals surface area contributed by atoms with Gasteiger partial charge in [0.2, 0.25) is 0 Å². The molecule has 3 atom stereocenters. The second kappa shape index (κ2) is 6.23. The van der Waals surface area contributed by atoms with E-state index in [1.165, 1.54) is 4.90 Å². The maximum absolute atomic E-state index is 12.1. The fraction of sp³-hybridized carbons (Fsp3) is 0.846. The van der Waals surface area contributed by atoms with Gasteiger partial charge in [-0.25, -0.2) is 9.59 Å². The molecule has 19 heavy (non-hydrogen) atoms. The number of carbonyl (C=O) groups is 2. The Balaban J connectivity index is 1.94. The van der Waals surface area contributed by atoms with Gasteiger partial charge in [0.25, 0.3) is 0 Å². The van der Waals surface area contributed by atoms with Gasteiger partial charge in [-0.3, -0.25) is 0 Å². The SMILES string of the molecule is O=C(O)C1CCCN1C(=O)NC1CCCCCC1O. The second-order valence-corrected chi connectivity index (χ2v) is 5.45. The van der Waals surface area contributed by atoms with Gasteiger partial charge in [-0.05, 0) is 25.7 Å². The minimum Gasteiger partial charge on any atom is -0.480 e. The van der Waals surface area contributed by atoms with Crippen molar-refractivity contribution in [3.63, 3.8) is 0 Å². The monoisotopic (exact) mass is 270 g/mol. The molecule has 2 fully saturated rings. The molecule has 1 aliphatic heterocycles. The summed E-state index contributed by atoms with van der Waals surface area (Å²) >= 11 is 0. The van der Waals surface area contributed by atoms with E-state index in [9.17, 15) is 14.7 Å². The third-order valence-corrected chi connectivity index (χ3v) is 4.09. The molecule has 0 aromatic carbocycles. The summed E-state index contributed by atoms with van der Waals surface area (Å²) in [7, 11) is 0. The van der Waals surface area contributed by atoms with Crippen molar-refractivity contribution in [2.75, 3.05) is 6.54 Å². The lowest BCUT2D eigenvalue weighted by Gasteiger charge is -2.27. The van der Waals surface area contributed by atoms with Gasteiger partial charge in [0, 0.05) is 6.54 Å². The van der Waals surface area contributed by atoms with Crippen molar-refractivity contribution in [1.29, 1.82) is 0 Å². The molecule has 2 amide bonds. The van der Waals surface area contributed by atoms with E-state index < -0.39 is 18.1 Å². The Labute approximate surface area is 112 Å². The molecular formula is C13H22N2O4. The second-order valence-electron chi connectivity index (χ2n) is 5.45. The molecule has 0 spiro atoms. The number of aliphatic hydroxyl groups excluding tert-OH is 1. The van der Waals surface area contributed by atoms with Crippen LogP contribution in [-0.4, -0.2) is 51.8 Å². The van der Waals surface area contributed by atoms with Gasteiger partial charge in [-0.1, -0.05) is 19.3 Å². The van der Waals surface area contributed by atoms with Crippen LogP contribution in [0.3, 0.4) is 0 Å². The highest BCUT2D eigenvalue weighted by Gasteiger charge is 2.35. The van der Waals surface area contributed by atoms with Gasteiger partial charge in [0.05, 0.1) is 12.1 Å². The third-order valence-electron chi connectivity index (χ3n) is 4.09. The molecule has 6 nitrogen and oxygen atoms in total. The topological polar surface area (TPSA) is 89.9 Å². The van der Waals surface area contributed by atoms with Crippen LogP contribution in [0.2, 0.25) is 0 Å². The number of rotatable bonds is 2. The molecule has 0 aromatic heterocycles. The van der Waals surface area contributed by atoms with Crippen LogP contribution in [0.25, 0.3) is 0 Å². The Morgan fingerprint density at radius 3 is 2.53 bits per heavy atom. The summed E-state index contributed by atoms with van der Waals surface area (Å²) in [6, 6.07) is -1.32. The first-order valence-electron chi connectivity index (χ1n) is 7.07. The molecule has 1 saturated heterocycles. The van der Waals surface area contributed by atoms with Crippen LogP contribution in [-0.2, 0) is 4.79 Å². The first kappa shape index (κ1) is 14.1. The number of aliphatic hydroxyl groups is 1. The lowest BCUT2D eigenvalue weighted by atomic mass is 10.1. The molecule has 0 radical (unpaired) electrons. The van der Waals surface area contributed by atoms with E-state index in [4.69, 9.17) is 5.11 Å². The van der Waals surface area contributed by atoms with Gasteiger partial charge in [-0.2, -0.15) is 0 Å². The number of urea groups is 1. The maximum Gasteiger partial charge on any atom is 0.326 e. The molecule has 3 N–H and O–H groups in total. The van der Waals surface area contributed by atoms with E-state index in [0.29, 0.717) is 19.4 Å². The molecule has 0 bridgehead atoms. The molecule has 2 aliphatic rings. The van der Waals surface area contributed by atoms with Gasteiger partial charge in [0.1, 0.15) is 6.04 Å². The smallest absolute Gasteiger partial charge is 0.326 e. The van der Waals surface area contributed by atoms with Gasteiger partial charge >= 0.3 is 12.0 Å². The number of likely N-dealkylation sites (tertiary alicyclic amines) is 1. The van der Waals surface area contributed by atoms with E-state index in [-0.39, 0.29) is 12.1 Å². The van der Waals surface area contributed by atoms with Crippen molar-refractivity contribution < 1.29 is 19.8 Å². The van der Waals surface area contributed by atoms with Crippen LogP contribution in [0.5, 0.6) is 0 Å². The molecule has 3 unspecified atom stereocenters. The standard InChI is InChI=1S/C13H22N2O4/c16-11-7-3-1-2-5-9(11)14-13(19)15-8-4-6-10(15)12(17)18/h9-11,16H,1-8H2,(H,14,19)(H,17,18). The maximum atomic E-state index is 12.1. The summed E-state index contributed by atoms with van der Waals surface area (Å²) in [6.45, 7) is 0.478. The Kier molecular flexibility index (Phi) is 4.63. The Morgan fingerprint density at radius 1 is 1.05 bits per heavy atom. The van der Waals surface area contributed by atoms with Gasteiger partial charge < -0.3 is 20.4 Å². The van der Waals surface area contributed by atoms with Gasteiger partial charge in [0.15, 0.2) is 0 Å². The fourth-order valence-electron chi connectivity index (χ4n) is 2.96. The molecule has 0 aromatic rings. The third kappa shape index (κ3) is 3.37. The summed E-state index contributed by atoms with van der Waals surface area (Å²) in [4.78, 5) is 24.6. The number of carbonyl (C=O) groups excluding carboxylic acids is 1. The van der Waals surface area contributed by atoms with Crippen molar-refractivity contribution in [2.45, 2.75) is 63.1 Å². The highest BCUT2D eigenvalue weighted by molar-refractivity contribution is 5.83. The van der Waals surface area contributed by atoms with Crippen molar-refractivity contribution in [3.8, 4) is 0 Å². The highest BCUT2D eigenvalue weighted by atomic mass is 16.4. The van der Waals surface area contributed by atoms with E-state index in [1.54, 1.807) is 0 Å². The number of carboxylic acid groups (broad SMARTS) is 1. The number of hydrogen-bond acceptors (Lipinski definition) is 3. The number of aliphatic carboxylic acids is 1. The highest BCUT2D eigenvalue weighted by Crippen LogP contribution is 2.21. The van der Waals surface area contributed by atoms with Crippen LogP contribution in [0.1, 0.15) is 44.9 Å². The summed E-state index contributed by atoms with van der Waals surface area (Å²) in [5.74, 6) is -0.950. The number of hydrogen-bond donors (Lipinski definition) is 3. The molecule has 1 aliphatic carbocycles. The minimum atomic E-state index is -0.950. The van der Waals surface area contributed by atoms with Crippen LogP contribution < -0.4 is 5.32 Å². The predicted molar refractivity (Wildman–Crippen MR) is 68.8 cm³/mol. The van der Waals surface area contributed by atoms with Crippen molar-refractivity contribution in [2.24, 2.45) is 0 Å². The summed E-state index contributed by atoms with van der Waals surface area (Å²) in [5.41, 5.74) is 0. The zero-order valence-electron chi connectivity index (χ0n) is 11.0. The fourth-order valence-corrected chi connectivity index (χ4v) is 2.96. The normalized spacial score (nSPS) is 31.8. The number of nitrogens with zero attached hydrogens (tertiary/aromatic N) is 1. The Morgan fingerprint density at radius 2 is 1.79 bits per heavy atom. The summed E-state index contributed by atoms with van der Waals surface area (Å²) in [5, 5.41) is 21.8. The van der Waals surface area contributed by atoms with Crippen molar-refractivity contribution >= 4 is 12.0 Å². The van der Waals surface area contributed by atoms with E-state index in [2.05, 4.69) is 5.32 Å². The molecule has 1 saturated carbocycles. The minimum absolute atomic E-state index is 0.245. The zero-order valence-corrected chi connectivity index (χ0v) is 11.0. The van der Waals surface area contributed by atoms with Crippen molar-refractivity contribution in [3.05, 3.63) is 0 Å². The van der Waals surface area contributed by atoms with Crippen LogP contribution in [0, 0.1) is 0 Å². The first-order valence-corrected chi connectivity index (χ1v) is 7.07. The first-order chi connectivity index (χ1) is 9.09. The van der Waals surface area contributed by atoms with Gasteiger partial charge in [-0.15, -0.1) is 0 Å². The average Bonchev–Trinajstić information content (AvgIpc) is 2.78. The number of carboxylic acids is 1. The van der Waals surface area contributed by atoms with Crippen LogP contribution >= 0.6 is 0 Å². The Hall–Kier alpha value is -1.30. The van der Waals surface area contributed by atoms with Crippen LogP contribution in [0.15, 0.2) is 0 Å². The number of amides is 2. The largest absolute Gasteiger partial charge is 0.480 e. The quantitative estimate of drug-likeness (QED) is 0.651. The number of nitrogens with one attached hydrogen (secondary N) is 1. The molecular weight excluding hydrogens is 248 g/mol. The molecule has 108 valence electrons. The molecule has 1 heterocycles. The van der Waals surface area contributed by atoms with E-state index in [1.807, 2.05) is 0 Å². The molecule has 2 rings (SSSR count). The van der Waals surface area contributed by atoms with Crippen LogP contribution in [0.4, 0.5) is 4.79 Å². The van der Waals surface area contributed by atoms with Crippen molar-refractivity contribution in [1.82, 2.24) is 10.2 Å². The lowest BCUT2D eigenvalue weighted by Crippen LogP contribution is -2.51.